The number of nitrogens with zero attached hydrogens (tertiary/aromatic N) is 1. The second kappa shape index (κ2) is 11.0. The van der Waals surface area contributed by atoms with Gasteiger partial charge in [-0.25, -0.2) is 0 Å². The Balaban J connectivity index is 1.94. The zero-order valence-corrected chi connectivity index (χ0v) is 19.7. The topological polar surface area (TPSA) is 29.5 Å². The molecule has 1 saturated heterocycles. The summed E-state index contributed by atoms with van der Waals surface area (Å²) in [5.74, 6) is -0.402. The highest BCUT2D eigenvalue weighted by molar-refractivity contribution is 5.69. The number of carbonyl (C=O) groups is 1. The summed E-state index contributed by atoms with van der Waals surface area (Å²) in [4.78, 5) is 13.8. The highest BCUT2D eigenvalue weighted by Gasteiger charge is 2.35. The zero-order valence-electron chi connectivity index (χ0n) is 19.7. The standard InChI is InChI=1S/C26H29F6NO2/c1-3-4-18-5-10-22(26(30,31)32)15-20(18)16-33-12-11-17(14-24(34)35-2)13-23(33)19-6-8-21(9-7-19)25(27,28)29/h5-10,15,17,23H,3-4,11-14,16H2,1-2H3/t17-,23+/m1/s1. The average Bonchev–Trinajstić information content (AvgIpc) is 2.80. The van der Waals surface area contributed by atoms with Crippen LogP contribution in [0.5, 0.6) is 0 Å². The number of hydrogen-bond donors (Lipinski definition) is 0. The second-order valence-electron chi connectivity index (χ2n) is 9.01. The molecule has 35 heavy (non-hydrogen) atoms. The number of likely N-dealkylation sites (tertiary alicyclic amines) is 1. The van der Waals surface area contributed by atoms with E-state index < -0.39 is 23.5 Å². The van der Waals surface area contributed by atoms with Crippen LogP contribution >= 0.6 is 0 Å². The Hall–Kier alpha value is -2.55. The SMILES string of the molecule is CCCc1ccc(C(F)(F)F)cc1CN1CC[C@@H](CC(=O)OC)C[C@H]1c1ccc(C(F)(F)F)cc1. The van der Waals surface area contributed by atoms with Crippen LogP contribution in [0, 0.1) is 5.92 Å². The summed E-state index contributed by atoms with van der Waals surface area (Å²) >= 11 is 0. The molecule has 9 heteroatoms. The van der Waals surface area contributed by atoms with Crippen molar-refractivity contribution in [1.82, 2.24) is 4.90 Å². The van der Waals surface area contributed by atoms with Gasteiger partial charge >= 0.3 is 18.3 Å². The van der Waals surface area contributed by atoms with Gasteiger partial charge in [-0.05, 0) is 72.7 Å². The van der Waals surface area contributed by atoms with Gasteiger partial charge in [-0.15, -0.1) is 0 Å². The molecule has 2 atom stereocenters. The van der Waals surface area contributed by atoms with Crippen molar-refractivity contribution in [1.29, 1.82) is 0 Å². The number of carbonyl (C=O) groups excluding carboxylic acids is 1. The lowest BCUT2D eigenvalue weighted by molar-refractivity contribution is -0.142. The van der Waals surface area contributed by atoms with Crippen molar-refractivity contribution in [3.05, 3.63) is 70.3 Å². The van der Waals surface area contributed by atoms with Crippen molar-refractivity contribution in [3.63, 3.8) is 0 Å². The van der Waals surface area contributed by atoms with E-state index in [0.29, 0.717) is 36.9 Å². The zero-order chi connectivity index (χ0) is 25.8. The van der Waals surface area contributed by atoms with Crippen molar-refractivity contribution in [3.8, 4) is 0 Å². The number of alkyl halides is 6. The molecule has 3 rings (SSSR count). The number of halogens is 6. The molecule has 1 aliphatic heterocycles. The summed E-state index contributed by atoms with van der Waals surface area (Å²) in [6, 6.07) is 8.30. The molecule has 1 aliphatic rings. The summed E-state index contributed by atoms with van der Waals surface area (Å²) in [5, 5.41) is 0. The van der Waals surface area contributed by atoms with Crippen molar-refractivity contribution in [2.45, 2.75) is 64.0 Å². The van der Waals surface area contributed by atoms with Gasteiger partial charge in [0.15, 0.2) is 0 Å². The van der Waals surface area contributed by atoms with Crippen LogP contribution in [0.15, 0.2) is 42.5 Å². The minimum Gasteiger partial charge on any atom is -0.469 e. The Bertz CT molecular complexity index is 1000. The molecular formula is C26H29F6NO2. The van der Waals surface area contributed by atoms with E-state index in [0.717, 1.165) is 30.2 Å². The Morgan fingerprint density at radius 1 is 0.971 bits per heavy atom. The predicted molar refractivity (Wildman–Crippen MR) is 119 cm³/mol. The van der Waals surface area contributed by atoms with Crippen molar-refractivity contribution in [2.75, 3.05) is 13.7 Å². The van der Waals surface area contributed by atoms with Gasteiger partial charge < -0.3 is 4.74 Å². The maximum Gasteiger partial charge on any atom is 0.416 e. The third-order valence-electron chi connectivity index (χ3n) is 6.55. The summed E-state index contributed by atoms with van der Waals surface area (Å²) in [7, 11) is 1.30. The monoisotopic (exact) mass is 501 g/mol. The maximum atomic E-state index is 13.4. The Morgan fingerprint density at radius 3 is 2.17 bits per heavy atom. The largest absolute Gasteiger partial charge is 0.469 e. The molecular weight excluding hydrogens is 472 g/mol. The number of rotatable bonds is 7. The molecule has 0 bridgehead atoms. The van der Waals surface area contributed by atoms with Gasteiger partial charge in [0.25, 0.3) is 0 Å². The molecule has 0 aliphatic carbocycles. The van der Waals surface area contributed by atoms with E-state index >= 15 is 0 Å². The number of piperidine rings is 1. The van der Waals surface area contributed by atoms with Crippen LogP contribution in [0.25, 0.3) is 0 Å². The van der Waals surface area contributed by atoms with Gasteiger partial charge in [0.1, 0.15) is 0 Å². The fourth-order valence-corrected chi connectivity index (χ4v) is 4.70. The number of esters is 1. The third kappa shape index (κ3) is 6.99. The Morgan fingerprint density at radius 2 is 1.60 bits per heavy atom. The summed E-state index contributed by atoms with van der Waals surface area (Å²) in [6.07, 6.45) is -6.24. The van der Waals surface area contributed by atoms with E-state index in [1.807, 2.05) is 11.8 Å². The van der Waals surface area contributed by atoms with Gasteiger partial charge in [-0.1, -0.05) is 31.5 Å². The predicted octanol–water partition coefficient (Wildman–Crippen LogP) is 7.19. The van der Waals surface area contributed by atoms with Crippen LogP contribution in [0.1, 0.15) is 66.5 Å². The van der Waals surface area contributed by atoms with Crippen LogP contribution in [-0.4, -0.2) is 24.5 Å². The molecule has 2 aromatic carbocycles. The van der Waals surface area contributed by atoms with Crippen molar-refractivity contribution in [2.24, 2.45) is 5.92 Å². The van der Waals surface area contributed by atoms with Crippen LogP contribution in [0.3, 0.4) is 0 Å². The van der Waals surface area contributed by atoms with E-state index in [-0.39, 0.29) is 30.9 Å². The minimum atomic E-state index is -4.47. The maximum absolute atomic E-state index is 13.4. The first-order valence-corrected chi connectivity index (χ1v) is 11.6. The molecule has 0 N–H and O–H groups in total. The normalized spacial score (nSPS) is 19.5. The van der Waals surface area contributed by atoms with Crippen molar-refractivity contribution < 1.29 is 35.9 Å². The van der Waals surface area contributed by atoms with E-state index in [4.69, 9.17) is 4.74 Å². The minimum absolute atomic E-state index is 0.0392. The molecule has 0 unspecified atom stereocenters. The Kier molecular flexibility index (Phi) is 8.51. The Labute approximate surface area is 201 Å². The molecule has 1 heterocycles. The average molecular weight is 502 g/mol. The molecule has 3 nitrogen and oxygen atoms in total. The first kappa shape index (κ1) is 27.0. The summed E-state index contributed by atoms with van der Waals surface area (Å²) < 4.78 is 84.2. The fraction of sp³-hybridized carbons (Fsp3) is 0.500. The lowest BCUT2D eigenvalue weighted by Crippen LogP contribution is -2.37. The molecule has 192 valence electrons. The molecule has 1 fully saturated rings. The molecule has 0 spiro atoms. The molecule has 0 aromatic heterocycles. The van der Waals surface area contributed by atoms with Gasteiger partial charge in [0.2, 0.25) is 0 Å². The van der Waals surface area contributed by atoms with Gasteiger partial charge in [-0.3, -0.25) is 9.69 Å². The van der Waals surface area contributed by atoms with Crippen LogP contribution < -0.4 is 0 Å². The highest BCUT2D eigenvalue weighted by atomic mass is 19.4. The van der Waals surface area contributed by atoms with Gasteiger partial charge in [0, 0.05) is 19.0 Å². The second-order valence-corrected chi connectivity index (χ2v) is 9.01. The number of ether oxygens (including phenoxy) is 1. The lowest BCUT2D eigenvalue weighted by atomic mass is 9.84. The van der Waals surface area contributed by atoms with Gasteiger partial charge in [-0.2, -0.15) is 26.3 Å². The molecule has 0 saturated carbocycles. The number of hydrogen-bond acceptors (Lipinski definition) is 3. The van der Waals surface area contributed by atoms with Crippen LogP contribution in [0.2, 0.25) is 0 Å². The quantitative estimate of drug-likeness (QED) is 0.297. The number of aryl methyl sites for hydroxylation is 1. The van der Waals surface area contributed by atoms with Gasteiger partial charge in [0.05, 0.1) is 18.2 Å². The highest BCUT2D eigenvalue weighted by Crippen LogP contribution is 2.39. The summed E-state index contributed by atoms with van der Waals surface area (Å²) in [6.45, 7) is 2.68. The first-order chi connectivity index (χ1) is 16.4. The molecule has 0 radical (unpaired) electrons. The van der Waals surface area contributed by atoms with Crippen LogP contribution in [0.4, 0.5) is 26.3 Å². The number of benzene rings is 2. The van der Waals surface area contributed by atoms with E-state index in [2.05, 4.69) is 0 Å². The molecule has 2 aromatic rings. The fourth-order valence-electron chi connectivity index (χ4n) is 4.70. The lowest BCUT2D eigenvalue weighted by Gasteiger charge is -2.40. The van der Waals surface area contributed by atoms with E-state index in [9.17, 15) is 31.1 Å². The third-order valence-corrected chi connectivity index (χ3v) is 6.55. The van der Waals surface area contributed by atoms with E-state index in [1.54, 1.807) is 0 Å². The first-order valence-electron chi connectivity index (χ1n) is 11.6. The van der Waals surface area contributed by atoms with Crippen LogP contribution in [-0.2, 0) is 34.8 Å². The summed E-state index contributed by atoms with van der Waals surface area (Å²) in [5.41, 5.74) is 0.529. The van der Waals surface area contributed by atoms with E-state index in [1.165, 1.54) is 31.4 Å². The van der Waals surface area contributed by atoms with Crippen molar-refractivity contribution >= 4 is 5.97 Å². The smallest absolute Gasteiger partial charge is 0.416 e. The molecule has 0 amide bonds. The number of methoxy groups -OCH3 is 1.